The number of rotatable bonds is 6. The third kappa shape index (κ3) is 3.53. The first kappa shape index (κ1) is 15.3. The lowest BCUT2D eigenvalue weighted by atomic mass is 10.2. The number of hydrogen-bond donors (Lipinski definition) is 1. The number of benzene rings is 1. The van der Waals surface area contributed by atoms with E-state index in [1.54, 1.807) is 6.07 Å². The highest BCUT2D eigenvalue weighted by Gasteiger charge is 2.24. The minimum absolute atomic E-state index is 0.00425. The van der Waals surface area contributed by atoms with Gasteiger partial charge in [-0.3, -0.25) is 10.1 Å². The summed E-state index contributed by atoms with van der Waals surface area (Å²) in [7, 11) is 1.47. The maximum absolute atomic E-state index is 11.1. The molecule has 0 spiro atoms. The molecule has 0 atom stereocenters. The van der Waals surface area contributed by atoms with Gasteiger partial charge in [-0.1, -0.05) is 0 Å². The SMILES string of the molecule is COc1cc([N+](=O)[O-])c(OCCO)cc1N1CCOCC1. The topological polar surface area (TPSA) is 94.3 Å². The van der Waals surface area contributed by atoms with Gasteiger partial charge >= 0.3 is 5.69 Å². The fourth-order valence-electron chi connectivity index (χ4n) is 2.17. The van der Waals surface area contributed by atoms with E-state index in [1.807, 2.05) is 4.90 Å². The summed E-state index contributed by atoms with van der Waals surface area (Å²) in [5.41, 5.74) is 0.539. The Bertz CT molecular complexity index is 502. The molecule has 0 aliphatic carbocycles. The summed E-state index contributed by atoms with van der Waals surface area (Å²) in [5.74, 6) is 0.538. The van der Waals surface area contributed by atoms with Gasteiger partial charge in [0.25, 0.3) is 0 Å². The van der Waals surface area contributed by atoms with Crippen LogP contribution < -0.4 is 14.4 Å². The first-order valence-corrected chi connectivity index (χ1v) is 6.60. The third-order valence-corrected chi connectivity index (χ3v) is 3.16. The second-order valence-electron chi connectivity index (χ2n) is 4.42. The van der Waals surface area contributed by atoms with E-state index in [9.17, 15) is 10.1 Å². The van der Waals surface area contributed by atoms with Crippen molar-refractivity contribution in [3.05, 3.63) is 22.2 Å². The summed E-state index contributed by atoms with van der Waals surface area (Å²) in [6, 6.07) is 2.93. The van der Waals surface area contributed by atoms with Gasteiger partial charge in [-0.05, 0) is 0 Å². The first-order valence-electron chi connectivity index (χ1n) is 6.60. The molecule has 0 saturated carbocycles. The molecule has 1 aliphatic rings. The second kappa shape index (κ2) is 7.09. The standard InChI is InChI=1S/C13H18N2O6/c1-19-12-9-11(15(17)18)13(21-7-4-16)8-10(12)14-2-5-20-6-3-14/h8-9,16H,2-7H2,1H3. The zero-order valence-electron chi connectivity index (χ0n) is 11.8. The Morgan fingerprint density at radius 2 is 2.10 bits per heavy atom. The molecule has 2 rings (SSSR count). The lowest BCUT2D eigenvalue weighted by molar-refractivity contribution is -0.385. The molecule has 1 aromatic rings. The molecule has 8 heteroatoms. The van der Waals surface area contributed by atoms with E-state index in [2.05, 4.69) is 0 Å². The molecular formula is C13H18N2O6. The highest BCUT2D eigenvalue weighted by Crippen LogP contribution is 2.39. The zero-order chi connectivity index (χ0) is 15.2. The Morgan fingerprint density at radius 3 is 2.67 bits per heavy atom. The van der Waals surface area contributed by atoms with Crippen molar-refractivity contribution in [3.8, 4) is 11.5 Å². The number of hydrogen-bond acceptors (Lipinski definition) is 7. The summed E-state index contributed by atoms with van der Waals surface area (Å²) in [5, 5.41) is 19.9. The molecule has 1 heterocycles. The third-order valence-electron chi connectivity index (χ3n) is 3.16. The molecular weight excluding hydrogens is 280 g/mol. The van der Waals surface area contributed by atoms with Crippen LogP contribution in [-0.4, -0.2) is 56.7 Å². The number of nitro benzene ring substituents is 1. The molecule has 0 bridgehead atoms. The summed E-state index contributed by atoms with van der Waals surface area (Å²) < 4.78 is 15.8. The average Bonchev–Trinajstić information content (AvgIpc) is 2.52. The van der Waals surface area contributed by atoms with Crippen molar-refractivity contribution in [3.63, 3.8) is 0 Å². The van der Waals surface area contributed by atoms with Gasteiger partial charge in [0, 0.05) is 19.2 Å². The number of aliphatic hydroxyl groups is 1. The number of morpholine rings is 1. The highest BCUT2D eigenvalue weighted by molar-refractivity contribution is 5.68. The number of methoxy groups -OCH3 is 1. The maximum Gasteiger partial charge on any atom is 0.314 e. The predicted octanol–water partition coefficient (Wildman–Crippen LogP) is 0.811. The van der Waals surface area contributed by atoms with Crippen molar-refractivity contribution in [2.45, 2.75) is 0 Å². The van der Waals surface area contributed by atoms with E-state index >= 15 is 0 Å². The Morgan fingerprint density at radius 1 is 1.38 bits per heavy atom. The Kier molecular flexibility index (Phi) is 5.18. The van der Waals surface area contributed by atoms with Crippen LogP contribution in [0.15, 0.2) is 12.1 Å². The molecule has 0 unspecified atom stereocenters. The van der Waals surface area contributed by atoms with Crippen molar-refractivity contribution in [1.82, 2.24) is 0 Å². The van der Waals surface area contributed by atoms with Crippen LogP contribution in [-0.2, 0) is 4.74 Å². The van der Waals surface area contributed by atoms with Gasteiger partial charge in [-0.15, -0.1) is 0 Å². The van der Waals surface area contributed by atoms with Crippen LogP contribution in [0.25, 0.3) is 0 Å². The van der Waals surface area contributed by atoms with Gasteiger partial charge in [-0.2, -0.15) is 0 Å². The summed E-state index contributed by atoms with van der Waals surface area (Å²) in [4.78, 5) is 12.6. The number of anilines is 1. The van der Waals surface area contributed by atoms with E-state index in [1.165, 1.54) is 13.2 Å². The Labute approximate surface area is 122 Å². The minimum atomic E-state index is -0.529. The van der Waals surface area contributed by atoms with Crippen LogP contribution in [0.5, 0.6) is 11.5 Å². The van der Waals surface area contributed by atoms with E-state index in [0.717, 1.165) is 5.69 Å². The van der Waals surface area contributed by atoms with Crippen LogP contribution in [0.2, 0.25) is 0 Å². The van der Waals surface area contributed by atoms with Crippen LogP contribution in [0.1, 0.15) is 0 Å². The predicted molar refractivity (Wildman–Crippen MR) is 75.3 cm³/mol. The quantitative estimate of drug-likeness (QED) is 0.613. The van der Waals surface area contributed by atoms with Crippen molar-refractivity contribution in [2.75, 3.05) is 51.5 Å². The smallest absolute Gasteiger partial charge is 0.314 e. The minimum Gasteiger partial charge on any atom is -0.494 e. The largest absolute Gasteiger partial charge is 0.494 e. The van der Waals surface area contributed by atoms with Crippen molar-refractivity contribution in [1.29, 1.82) is 0 Å². The molecule has 0 aromatic heterocycles. The second-order valence-corrected chi connectivity index (χ2v) is 4.42. The molecule has 8 nitrogen and oxygen atoms in total. The average molecular weight is 298 g/mol. The van der Waals surface area contributed by atoms with Crippen molar-refractivity contribution < 1.29 is 24.2 Å². The summed E-state index contributed by atoms with van der Waals surface area (Å²) >= 11 is 0. The first-order chi connectivity index (χ1) is 10.2. The molecule has 1 aliphatic heterocycles. The molecule has 21 heavy (non-hydrogen) atoms. The number of aliphatic hydroxyl groups excluding tert-OH is 1. The molecule has 1 aromatic carbocycles. The van der Waals surface area contributed by atoms with E-state index in [4.69, 9.17) is 19.3 Å². The number of nitro groups is 1. The molecule has 0 amide bonds. The van der Waals surface area contributed by atoms with Crippen molar-refractivity contribution >= 4 is 11.4 Å². The van der Waals surface area contributed by atoms with Crippen LogP contribution in [0, 0.1) is 10.1 Å². The van der Waals surface area contributed by atoms with Crippen molar-refractivity contribution in [2.24, 2.45) is 0 Å². The zero-order valence-corrected chi connectivity index (χ0v) is 11.8. The fraction of sp³-hybridized carbons (Fsp3) is 0.538. The number of nitrogens with zero attached hydrogens (tertiary/aromatic N) is 2. The van der Waals surface area contributed by atoms with Crippen LogP contribution >= 0.6 is 0 Å². The summed E-state index contributed by atoms with van der Waals surface area (Å²) in [6.07, 6.45) is 0. The van der Waals surface area contributed by atoms with Gasteiger partial charge < -0.3 is 24.2 Å². The van der Waals surface area contributed by atoms with Gasteiger partial charge in [0.2, 0.25) is 0 Å². The molecule has 1 fully saturated rings. The highest BCUT2D eigenvalue weighted by atomic mass is 16.6. The maximum atomic E-state index is 11.1. The normalized spacial score (nSPS) is 14.9. The molecule has 1 N–H and O–H groups in total. The van der Waals surface area contributed by atoms with Gasteiger partial charge in [0.15, 0.2) is 5.75 Å². The molecule has 1 saturated heterocycles. The molecule has 116 valence electrons. The Balaban J connectivity index is 2.39. The van der Waals surface area contributed by atoms with Crippen LogP contribution in [0.4, 0.5) is 11.4 Å². The van der Waals surface area contributed by atoms with E-state index in [0.29, 0.717) is 32.1 Å². The fourth-order valence-corrected chi connectivity index (χ4v) is 2.17. The summed E-state index contributed by atoms with van der Waals surface area (Å²) in [6.45, 7) is 2.31. The van der Waals surface area contributed by atoms with Gasteiger partial charge in [-0.25, -0.2) is 0 Å². The van der Waals surface area contributed by atoms with E-state index in [-0.39, 0.29) is 24.7 Å². The Hall–Kier alpha value is -2.06. The number of ether oxygens (including phenoxy) is 3. The molecule has 0 radical (unpaired) electrons. The van der Waals surface area contributed by atoms with E-state index < -0.39 is 4.92 Å². The van der Waals surface area contributed by atoms with Crippen LogP contribution in [0.3, 0.4) is 0 Å². The van der Waals surface area contributed by atoms with Gasteiger partial charge in [0.1, 0.15) is 12.4 Å². The monoisotopic (exact) mass is 298 g/mol. The lowest BCUT2D eigenvalue weighted by Gasteiger charge is -2.30. The lowest BCUT2D eigenvalue weighted by Crippen LogP contribution is -2.36. The van der Waals surface area contributed by atoms with Gasteiger partial charge in [0.05, 0.1) is 43.6 Å².